The second kappa shape index (κ2) is 8.26. The van der Waals surface area contributed by atoms with Crippen molar-refractivity contribution < 1.29 is 9.59 Å². The zero-order chi connectivity index (χ0) is 17.6. The monoisotopic (exact) mass is 332 g/mol. The molecule has 0 spiro atoms. The fraction of sp³-hybridized carbons (Fsp3) is 0.556. The lowest BCUT2D eigenvalue weighted by Crippen LogP contribution is -2.41. The van der Waals surface area contributed by atoms with E-state index in [0.717, 1.165) is 25.1 Å². The molecule has 1 heterocycles. The number of likely N-dealkylation sites (tertiary alicyclic amines) is 1. The maximum atomic E-state index is 12.7. The molecular formula is C18H28N4O2. The summed E-state index contributed by atoms with van der Waals surface area (Å²) >= 11 is 0. The van der Waals surface area contributed by atoms with Crippen LogP contribution in [0.15, 0.2) is 30.3 Å². The summed E-state index contributed by atoms with van der Waals surface area (Å²) in [4.78, 5) is 27.7. The van der Waals surface area contributed by atoms with Gasteiger partial charge in [0.15, 0.2) is 0 Å². The van der Waals surface area contributed by atoms with E-state index in [0.29, 0.717) is 26.2 Å². The topological polar surface area (TPSA) is 92.7 Å². The SMILES string of the molecule is CC1(CN)CCN(CC(=O)N(CCC(N)=O)Cc2ccccc2)C1. The summed E-state index contributed by atoms with van der Waals surface area (Å²) in [6, 6.07) is 9.78. The van der Waals surface area contributed by atoms with Gasteiger partial charge in [-0.15, -0.1) is 0 Å². The van der Waals surface area contributed by atoms with E-state index in [1.165, 1.54) is 0 Å². The lowest BCUT2D eigenvalue weighted by molar-refractivity contribution is -0.133. The quantitative estimate of drug-likeness (QED) is 0.727. The lowest BCUT2D eigenvalue weighted by atomic mass is 9.90. The minimum atomic E-state index is -0.391. The first-order valence-corrected chi connectivity index (χ1v) is 8.44. The van der Waals surface area contributed by atoms with Gasteiger partial charge in [0.05, 0.1) is 6.54 Å². The lowest BCUT2D eigenvalue weighted by Gasteiger charge is -2.26. The molecule has 132 valence electrons. The molecule has 0 aliphatic carbocycles. The molecule has 1 saturated heterocycles. The largest absolute Gasteiger partial charge is 0.370 e. The highest BCUT2D eigenvalue weighted by Gasteiger charge is 2.33. The number of nitrogens with zero attached hydrogens (tertiary/aromatic N) is 2. The molecule has 0 bridgehead atoms. The molecule has 4 N–H and O–H groups in total. The first kappa shape index (κ1) is 18.4. The Morgan fingerprint density at radius 1 is 1.29 bits per heavy atom. The molecule has 1 aliphatic heterocycles. The van der Waals surface area contributed by atoms with Gasteiger partial charge in [0.1, 0.15) is 0 Å². The van der Waals surface area contributed by atoms with E-state index >= 15 is 0 Å². The summed E-state index contributed by atoms with van der Waals surface area (Å²) < 4.78 is 0. The summed E-state index contributed by atoms with van der Waals surface area (Å²) in [5.74, 6) is -0.362. The van der Waals surface area contributed by atoms with Crippen LogP contribution in [-0.4, -0.2) is 54.3 Å². The van der Waals surface area contributed by atoms with Gasteiger partial charge in [-0.05, 0) is 30.5 Å². The van der Waals surface area contributed by atoms with E-state index < -0.39 is 5.91 Å². The Bertz CT molecular complexity index is 563. The molecule has 2 amide bonds. The van der Waals surface area contributed by atoms with Crippen LogP contribution in [0.5, 0.6) is 0 Å². The third-order valence-electron chi connectivity index (χ3n) is 4.69. The molecule has 1 atom stereocenters. The van der Waals surface area contributed by atoms with Crippen LogP contribution in [0.3, 0.4) is 0 Å². The fourth-order valence-corrected chi connectivity index (χ4v) is 3.06. The average molecular weight is 332 g/mol. The fourth-order valence-electron chi connectivity index (χ4n) is 3.06. The Kier molecular flexibility index (Phi) is 6.34. The molecule has 0 aromatic heterocycles. The molecule has 0 radical (unpaired) electrons. The zero-order valence-corrected chi connectivity index (χ0v) is 14.4. The number of nitrogens with two attached hydrogens (primary N) is 2. The van der Waals surface area contributed by atoms with Gasteiger partial charge in [0.25, 0.3) is 0 Å². The van der Waals surface area contributed by atoms with Gasteiger partial charge in [0, 0.05) is 26.1 Å². The van der Waals surface area contributed by atoms with Crippen molar-refractivity contribution in [2.75, 3.05) is 32.7 Å². The Balaban J connectivity index is 1.97. The number of rotatable bonds is 8. The van der Waals surface area contributed by atoms with Gasteiger partial charge in [-0.1, -0.05) is 37.3 Å². The number of amides is 2. The summed E-state index contributed by atoms with van der Waals surface area (Å²) in [5, 5.41) is 0. The van der Waals surface area contributed by atoms with Crippen molar-refractivity contribution >= 4 is 11.8 Å². The van der Waals surface area contributed by atoms with Crippen LogP contribution in [0.1, 0.15) is 25.3 Å². The van der Waals surface area contributed by atoms with Gasteiger partial charge in [-0.2, -0.15) is 0 Å². The standard InChI is InChI=1S/C18H28N4O2/c1-18(13-19)8-10-21(14-18)12-17(24)22(9-7-16(20)23)11-15-5-3-2-4-6-15/h2-6H,7-14,19H2,1H3,(H2,20,23). The summed E-state index contributed by atoms with van der Waals surface area (Å²) in [6.45, 7) is 5.72. The van der Waals surface area contributed by atoms with Crippen LogP contribution in [0.4, 0.5) is 0 Å². The van der Waals surface area contributed by atoms with Crippen molar-refractivity contribution in [3.8, 4) is 0 Å². The normalized spacial score (nSPS) is 20.9. The number of hydrogen-bond donors (Lipinski definition) is 2. The van der Waals surface area contributed by atoms with Crippen molar-refractivity contribution in [3.05, 3.63) is 35.9 Å². The molecule has 1 fully saturated rings. The first-order valence-electron chi connectivity index (χ1n) is 8.44. The van der Waals surface area contributed by atoms with Crippen molar-refractivity contribution in [1.29, 1.82) is 0 Å². The minimum Gasteiger partial charge on any atom is -0.370 e. The zero-order valence-electron chi connectivity index (χ0n) is 14.4. The van der Waals surface area contributed by atoms with E-state index in [1.54, 1.807) is 4.90 Å². The number of carbonyl (C=O) groups excluding carboxylic acids is 2. The Morgan fingerprint density at radius 2 is 2.00 bits per heavy atom. The summed E-state index contributed by atoms with van der Waals surface area (Å²) in [5.41, 5.74) is 12.2. The van der Waals surface area contributed by atoms with Gasteiger partial charge < -0.3 is 16.4 Å². The Hall–Kier alpha value is -1.92. The number of hydrogen-bond acceptors (Lipinski definition) is 4. The Labute approximate surface area is 143 Å². The highest BCUT2D eigenvalue weighted by Crippen LogP contribution is 2.28. The highest BCUT2D eigenvalue weighted by atomic mass is 16.2. The van der Waals surface area contributed by atoms with E-state index in [9.17, 15) is 9.59 Å². The Morgan fingerprint density at radius 3 is 2.58 bits per heavy atom. The molecular weight excluding hydrogens is 304 g/mol. The maximum Gasteiger partial charge on any atom is 0.237 e. The van der Waals surface area contributed by atoms with E-state index in [-0.39, 0.29) is 17.7 Å². The van der Waals surface area contributed by atoms with Gasteiger partial charge >= 0.3 is 0 Å². The molecule has 0 saturated carbocycles. The molecule has 1 unspecified atom stereocenters. The minimum absolute atomic E-state index is 0.0291. The first-order chi connectivity index (χ1) is 11.4. The van der Waals surface area contributed by atoms with Gasteiger partial charge in [-0.25, -0.2) is 0 Å². The van der Waals surface area contributed by atoms with Crippen LogP contribution in [-0.2, 0) is 16.1 Å². The number of benzene rings is 1. The third-order valence-corrected chi connectivity index (χ3v) is 4.69. The second-order valence-corrected chi connectivity index (χ2v) is 6.99. The van der Waals surface area contributed by atoms with E-state index in [2.05, 4.69) is 11.8 Å². The highest BCUT2D eigenvalue weighted by molar-refractivity contribution is 5.79. The summed E-state index contributed by atoms with van der Waals surface area (Å²) in [7, 11) is 0. The maximum absolute atomic E-state index is 12.7. The van der Waals surface area contributed by atoms with Crippen LogP contribution in [0, 0.1) is 5.41 Å². The van der Waals surface area contributed by atoms with Crippen LogP contribution < -0.4 is 11.5 Å². The van der Waals surface area contributed by atoms with E-state index in [4.69, 9.17) is 11.5 Å². The molecule has 2 rings (SSSR count). The van der Waals surface area contributed by atoms with E-state index in [1.807, 2.05) is 30.3 Å². The van der Waals surface area contributed by atoms with Gasteiger partial charge in [-0.3, -0.25) is 14.5 Å². The molecule has 6 nitrogen and oxygen atoms in total. The second-order valence-electron chi connectivity index (χ2n) is 6.99. The molecule has 6 heteroatoms. The summed E-state index contributed by atoms with van der Waals surface area (Å²) in [6.07, 6.45) is 1.19. The predicted octanol–water partition coefficient (Wildman–Crippen LogP) is 0.561. The van der Waals surface area contributed by atoms with Crippen LogP contribution in [0.25, 0.3) is 0 Å². The number of carbonyl (C=O) groups is 2. The molecule has 1 aromatic rings. The average Bonchev–Trinajstić information content (AvgIpc) is 2.94. The molecule has 24 heavy (non-hydrogen) atoms. The molecule has 1 aromatic carbocycles. The van der Waals surface area contributed by atoms with Crippen molar-refractivity contribution in [3.63, 3.8) is 0 Å². The van der Waals surface area contributed by atoms with Crippen LogP contribution in [0.2, 0.25) is 0 Å². The predicted molar refractivity (Wildman–Crippen MR) is 93.9 cm³/mol. The van der Waals surface area contributed by atoms with Crippen molar-refractivity contribution in [2.24, 2.45) is 16.9 Å². The van der Waals surface area contributed by atoms with Crippen LogP contribution >= 0.6 is 0 Å². The molecule has 1 aliphatic rings. The van der Waals surface area contributed by atoms with Crippen molar-refractivity contribution in [2.45, 2.75) is 26.3 Å². The third kappa shape index (κ3) is 5.32. The number of primary amides is 1. The smallest absolute Gasteiger partial charge is 0.237 e. The van der Waals surface area contributed by atoms with Gasteiger partial charge in [0.2, 0.25) is 11.8 Å². The van der Waals surface area contributed by atoms with Crippen molar-refractivity contribution in [1.82, 2.24) is 9.80 Å².